The van der Waals surface area contributed by atoms with Crippen LogP contribution in [0.1, 0.15) is 0 Å². The van der Waals surface area contributed by atoms with Gasteiger partial charge < -0.3 is 15.2 Å². The lowest BCUT2D eigenvalue weighted by atomic mass is 10.3. The number of nitrogens with one attached hydrogen (secondary N) is 1. The highest BCUT2D eigenvalue weighted by Crippen LogP contribution is 2.26. The lowest BCUT2D eigenvalue weighted by Crippen LogP contribution is -2.17. The lowest BCUT2D eigenvalue weighted by molar-refractivity contribution is -0.119. The number of benzene rings is 1. The molecular weight excluding hydrogens is 206 g/mol. The highest BCUT2D eigenvalue weighted by atomic mass is 35.5. The average molecular weight is 216 g/mol. The van der Waals surface area contributed by atoms with Gasteiger partial charge >= 0.3 is 0 Å². The molecule has 2 N–H and O–H groups in total. The number of aromatic hydroxyl groups is 1. The third kappa shape index (κ3) is 2.90. The fraction of sp³-hybridized carbons (Fsp3) is 0.222. The van der Waals surface area contributed by atoms with Crippen LogP contribution in [0.2, 0.25) is 5.02 Å². The van der Waals surface area contributed by atoms with Gasteiger partial charge in [-0.15, -0.1) is 0 Å². The number of hydrogen-bond acceptors (Lipinski definition) is 3. The quantitative estimate of drug-likeness (QED) is 0.754. The Labute approximate surface area is 86.4 Å². The Hall–Kier alpha value is -1.26. The van der Waals surface area contributed by atoms with Crippen LogP contribution in [0.25, 0.3) is 0 Å². The molecule has 4 nitrogen and oxygen atoms in total. The van der Waals surface area contributed by atoms with E-state index in [4.69, 9.17) is 11.6 Å². The Morgan fingerprint density at radius 1 is 1.64 bits per heavy atom. The zero-order valence-electron chi connectivity index (χ0n) is 7.58. The second kappa shape index (κ2) is 4.83. The zero-order chi connectivity index (χ0) is 10.6. The molecule has 14 heavy (non-hydrogen) atoms. The molecule has 0 fully saturated rings. The Kier molecular flexibility index (Phi) is 3.73. The van der Waals surface area contributed by atoms with Gasteiger partial charge in [0.1, 0.15) is 12.4 Å². The molecule has 76 valence electrons. The summed E-state index contributed by atoms with van der Waals surface area (Å²) in [5.41, 5.74) is 0.277. The molecule has 0 atom stereocenters. The number of halogens is 1. The van der Waals surface area contributed by atoms with Crippen molar-refractivity contribution >= 4 is 23.2 Å². The highest BCUT2D eigenvalue weighted by Gasteiger charge is 2.05. The van der Waals surface area contributed by atoms with Crippen LogP contribution in [-0.2, 0) is 9.53 Å². The van der Waals surface area contributed by atoms with Crippen molar-refractivity contribution in [1.29, 1.82) is 0 Å². The molecule has 1 aromatic carbocycles. The normalized spacial score (nSPS) is 9.86. The number of amides is 1. The highest BCUT2D eigenvalue weighted by molar-refractivity contribution is 6.31. The first-order valence-electron chi connectivity index (χ1n) is 3.91. The van der Waals surface area contributed by atoms with Gasteiger partial charge in [0.15, 0.2) is 0 Å². The Bertz CT molecular complexity index is 341. The summed E-state index contributed by atoms with van der Waals surface area (Å²) in [6, 6.07) is 4.40. The minimum atomic E-state index is -0.343. The molecule has 0 aromatic heterocycles. The smallest absolute Gasteiger partial charge is 0.250 e. The van der Waals surface area contributed by atoms with E-state index >= 15 is 0 Å². The molecule has 1 rings (SSSR count). The molecule has 0 radical (unpaired) electrons. The summed E-state index contributed by atoms with van der Waals surface area (Å²) in [6.45, 7) is -0.0635. The van der Waals surface area contributed by atoms with E-state index in [9.17, 15) is 9.90 Å². The molecule has 1 amide bonds. The summed E-state index contributed by atoms with van der Waals surface area (Å²) < 4.78 is 4.62. The summed E-state index contributed by atoms with van der Waals surface area (Å²) in [5, 5.41) is 12.2. The number of rotatable bonds is 3. The molecule has 0 aliphatic heterocycles. The number of phenols is 1. The minimum absolute atomic E-state index is 0.0288. The number of carbonyl (C=O) groups excluding carboxylic acids is 1. The van der Waals surface area contributed by atoms with E-state index in [1.807, 2.05) is 0 Å². The largest absolute Gasteiger partial charge is 0.506 e. The van der Waals surface area contributed by atoms with Gasteiger partial charge in [0.25, 0.3) is 0 Å². The van der Waals surface area contributed by atoms with E-state index in [2.05, 4.69) is 10.1 Å². The SMILES string of the molecule is COCC(=O)Nc1cc(Cl)ccc1O. The number of methoxy groups -OCH3 is 1. The second-order valence-corrected chi connectivity index (χ2v) is 3.08. The maximum atomic E-state index is 11.1. The van der Waals surface area contributed by atoms with Gasteiger partial charge in [-0.05, 0) is 18.2 Å². The van der Waals surface area contributed by atoms with Gasteiger partial charge in [0.05, 0.1) is 5.69 Å². The van der Waals surface area contributed by atoms with Crippen molar-refractivity contribution in [3.8, 4) is 5.75 Å². The first-order chi connectivity index (χ1) is 6.63. The van der Waals surface area contributed by atoms with Crippen molar-refractivity contribution in [3.05, 3.63) is 23.2 Å². The Balaban J connectivity index is 2.75. The van der Waals surface area contributed by atoms with Crippen molar-refractivity contribution in [2.45, 2.75) is 0 Å². The second-order valence-electron chi connectivity index (χ2n) is 2.64. The van der Waals surface area contributed by atoms with E-state index in [1.54, 1.807) is 0 Å². The van der Waals surface area contributed by atoms with Crippen LogP contribution in [0, 0.1) is 0 Å². The van der Waals surface area contributed by atoms with E-state index in [0.29, 0.717) is 5.02 Å². The molecule has 0 aliphatic carbocycles. The monoisotopic (exact) mass is 215 g/mol. The predicted octanol–water partition coefficient (Wildman–Crippen LogP) is 1.63. The number of carbonyl (C=O) groups is 1. The molecular formula is C9H10ClNO3. The maximum absolute atomic E-state index is 11.1. The summed E-state index contributed by atoms with van der Waals surface area (Å²) in [4.78, 5) is 11.1. The maximum Gasteiger partial charge on any atom is 0.250 e. The fourth-order valence-electron chi connectivity index (χ4n) is 0.926. The number of anilines is 1. The van der Waals surface area contributed by atoms with E-state index in [0.717, 1.165) is 0 Å². The zero-order valence-corrected chi connectivity index (χ0v) is 8.34. The number of phenolic OH excluding ortho intramolecular Hbond substituents is 1. The van der Waals surface area contributed by atoms with Crippen LogP contribution < -0.4 is 5.32 Å². The van der Waals surface area contributed by atoms with Crippen molar-refractivity contribution in [2.75, 3.05) is 19.0 Å². The van der Waals surface area contributed by atoms with Crippen LogP contribution in [0.15, 0.2) is 18.2 Å². The molecule has 0 unspecified atom stereocenters. The lowest BCUT2D eigenvalue weighted by Gasteiger charge is -2.06. The van der Waals surface area contributed by atoms with Crippen molar-refractivity contribution in [2.24, 2.45) is 0 Å². The summed E-state index contributed by atoms with van der Waals surface area (Å²) in [6.07, 6.45) is 0. The molecule has 0 spiro atoms. The third-order valence-corrected chi connectivity index (χ3v) is 1.74. The molecule has 0 aliphatic rings. The average Bonchev–Trinajstić information content (AvgIpc) is 2.12. The van der Waals surface area contributed by atoms with Crippen LogP contribution in [0.5, 0.6) is 5.75 Å². The predicted molar refractivity (Wildman–Crippen MR) is 53.6 cm³/mol. The standard InChI is InChI=1S/C9H10ClNO3/c1-14-5-9(13)11-7-4-6(10)2-3-8(7)12/h2-4,12H,5H2,1H3,(H,11,13). The van der Waals surface area contributed by atoms with Gasteiger partial charge in [0.2, 0.25) is 5.91 Å². The number of hydrogen-bond donors (Lipinski definition) is 2. The van der Waals surface area contributed by atoms with Gasteiger partial charge in [-0.2, -0.15) is 0 Å². The van der Waals surface area contributed by atoms with Crippen LogP contribution in [0.3, 0.4) is 0 Å². The molecule has 0 heterocycles. The molecule has 5 heteroatoms. The Morgan fingerprint density at radius 2 is 2.36 bits per heavy atom. The first kappa shape index (κ1) is 10.8. The van der Waals surface area contributed by atoms with Crippen molar-refractivity contribution < 1.29 is 14.6 Å². The van der Waals surface area contributed by atoms with E-state index < -0.39 is 0 Å². The van der Waals surface area contributed by atoms with Crippen molar-refractivity contribution in [1.82, 2.24) is 0 Å². The molecule has 0 saturated carbocycles. The van der Waals surface area contributed by atoms with Gasteiger partial charge in [-0.1, -0.05) is 11.6 Å². The molecule has 0 saturated heterocycles. The van der Waals surface area contributed by atoms with Crippen LogP contribution in [0.4, 0.5) is 5.69 Å². The third-order valence-electron chi connectivity index (χ3n) is 1.51. The fourth-order valence-corrected chi connectivity index (χ4v) is 1.10. The van der Waals surface area contributed by atoms with Gasteiger partial charge in [-0.3, -0.25) is 4.79 Å². The summed E-state index contributed by atoms with van der Waals surface area (Å²) in [7, 11) is 1.41. The van der Waals surface area contributed by atoms with Crippen LogP contribution in [-0.4, -0.2) is 24.7 Å². The van der Waals surface area contributed by atoms with Gasteiger partial charge in [-0.25, -0.2) is 0 Å². The van der Waals surface area contributed by atoms with Crippen LogP contribution >= 0.6 is 11.6 Å². The van der Waals surface area contributed by atoms with E-state index in [-0.39, 0.29) is 24.0 Å². The Morgan fingerprint density at radius 3 is 3.00 bits per heavy atom. The topological polar surface area (TPSA) is 58.6 Å². The minimum Gasteiger partial charge on any atom is -0.506 e. The molecule has 0 bridgehead atoms. The number of ether oxygens (including phenoxy) is 1. The molecule has 1 aromatic rings. The summed E-state index contributed by atoms with van der Waals surface area (Å²) in [5.74, 6) is -0.371. The first-order valence-corrected chi connectivity index (χ1v) is 4.28. The van der Waals surface area contributed by atoms with Gasteiger partial charge in [0, 0.05) is 12.1 Å². The van der Waals surface area contributed by atoms with E-state index in [1.165, 1.54) is 25.3 Å². The summed E-state index contributed by atoms with van der Waals surface area (Å²) >= 11 is 5.68. The van der Waals surface area contributed by atoms with Crippen molar-refractivity contribution in [3.63, 3.8) is 0 Å².